The van der Waals surface area contributed by atoms with Crippen molar-refractivity contribution in [1.82, 2.24) is 0 Å². The van der Waals surface area contributed by atoms with Gasteiger partial charge in [0.25, 0.3) is 0 Å². The SMILES string of the molecule is Cc1cccc(-c2c3ccc(N4c5ccccc5Sc5ccccc54)cc3c(-c3ccc4c(c3)C(C)(C)c3ccccc3-4)c3ccc(N4c5ccccc5Sc5ccccc54)cc23)c1. The maximum absolute atomic E-state index is 2.51. The van der Waals surface area contributed by atoms with Gasteiger partial charge in [-0.2, -0.15) is 0 Å². The Balaban J connectivity index is 1.14. The molecular formula is C60H42N2S2. The van der Waals surface area contributed by atoms with Crippen molar-refractivity contribution in [2.45, 2.75) is 45.8 Å². The minimum atomic E-state index is -0.140. The second-order valence-corrected chi connectivity index (χ2v) is 19.9. The van der Waals surface area contributed by atoms with Crippen LogP contribution in [0.15, 0.2) is 220 Å². The van der Waals surface area contributed by atoms with Gasteiger partial charge in [-0.1, -0.05) is 164 Å². The third-order valence-corrected chi connectivity index (χ3v) is 15.9. The average molecular weight is 855 g/mol. The van der Waals surface area contributed by atoms with Crippen molar-refractivity contribution >= 4 is 79.2 Å². The third-order valence-electron chi connectivity index (χ3n) is 13.6. The summed E-state index contributed by atoms with van der Waals surface area (Å²) in [7, 11) is 0. The zero-order chi connectivity index (χ0) is 42.7. The summed E-state index contributed by atoms with van der Waals surface area (Å²) in [6.45, 7) is 6.98. The molecule has 4 heteroatoms. The van der Waals surface area contributed by atoms with Gasteiger partial charge < -0.3 is 9.80 Å². The standard InChI is InChI=1S/C60H42N2S2/c1-37-15-14-16-38(33-37)58-44-31-28-41(62-52-21-8-12-25-56(52)64-57-26-13-9-22-53(57)62)36-47(44)59(39-27-30-43-42-17-4-5-18-48(42)60(2,3)49(43)34-39)45-32-29-40(35-46(45)58)61-50-19-6-10-23-54(50)63-55-24-11-7-20-51(55)61/h4-36H,1-3H3. The summed E-state index contributed by atoms with van der Waals surface area (Å²) < 4.78 is 0. The predicted molar refractivity (Wildman–Crippen MR) is 272 cm³/mol. The lowest BCUT2D eigenvalue weighted by Gasteiger charge is -2.34. The molecule has 0 saturated heterocycles. The zero-order valence-electron chi connectivity index (χ0n) is 35.8. The molecule has 2 heterocycles. The quantitative estimate of drug-likeness (QED) is 0.163. The first-order valence-corrected chi connectivity index (χ1v) is 23.7. The van der Waals surface area contributed by atoms with E-state index >= 15 is 0 Å². The van der Waals surface area contributed by atoms with E-state index in [9.17, 15) is 0 Å². The summed E-state index contributed by atoms with van der Waals surface area (Å²) in [5, 5.41) is 4.95. The summed E-state index contributed by atoms with van der Waals surface area (Å²) in [6, 6.07) is 75.1. The number of anilines is 6. The molecule has 13 rings (SSSR count). The first-order valence-electron chi connectivity index (χ1n) is 22.1. The number of para-hydroxylation sites is 4. The molecule has 0 N–H and O–H groups in total. The minimum absolute atomic E-state index is 0.140. The fourth-order valence-electron chi connectivity index (χ4n) is 10.7. The van der Waals surface area contributed by atoms with Crippen molar-refractivity contribution in [1.29, 1.82) is 0 Å². The van der Waals surface area contributed by atoms with E-state index in [2.05, 4.69) is 231 Å². The molecule has 0 atom stereocenters. The van der Waals surface area contributed by atoms with E-state index in [0.717, 1.165) is 11.4 Å². The number of hydrogen-bond acceptors (Lipinski definition) is 4. The van der Waals surface area contributed by atoms with Gasteiger partial charge in [0.15, 0.2) is 0 Å². The Hall–Kier alpha value is -6.98. The number of nitrogens with zero attached hydrogens (tertiary/aromatic N) is 2. The maximum atomic E-state index is 2.51. The van der Waals surface area contributed by atoms with E-state index < -0.39 is 0 Å². The Morgan fingerprint density at radius 2 is 0.812 bits per heavy atom. The van der Waals surface area contributed by atoms with Crippen molar-refractivity contribution in [2.24, 2.45) is 0 Å². The summed E-state index contributed by atoms with van der Waals surface area (Å²) in [5.41, 5.74) is 18.6. The molecule has 0 amide bonds. The largest absolute Gasteiger partial charge is 0.308 e. The van der Waals surface area contributed by atoms with Gasteiger partial charge in [0.1, 0.15) is 0 Å². The molecule has 10 aromatic carbocycles. The first kappa shape index (κ1) is 37.6. The molecule has 0 unspecified atom stereocenters. The smallest absolute Gasteiger partial charge is 0.0601 e. The van der Waals surface area contributed by atoms with Crippen LogP contribution in [-0.2, 0) is 5.41 Å². The summed E-state index contributed by atoms with van der Waals surface area (Å²) >= 11 is 3.70. The van der Waals surface area contributed by atoms with Gasteiger partial charge in [-0.25, -0.2) is 0 Å². The molecule has 2 nitrogen and oxygen atoms in total. The second-order valence-electron chi connectivity index (χ2n) is 17.8. The Kier molecular flexibility index (Phi) is 8.37. The van der Waals surface area contributed by atoms with Crippen LogP contribution in [0.1, 0.15) is 30.5 Å². The van der Waals surface area contributed by atoms with Crippen molar-refractivity contribution < 1.29 is 0 Å². The van der Waals surface area contributed by atoms with Crippen LogP contribution >= 0.6 is 23.5 Å². The molecule has 0 bridgehead atoms. The molecule has 10 aromatic rings. The molecule has 0 radical (unpaired) electrons. The highest BCUT2D eigenvalue weighted by atomic mass is 32.2. The molecule has 0 fully saturated rings. The lowest BCUT2D eigenvalue weighted by Crippen LogP contribution is -2.15. The Morgan fingerprint density at radius 1 is 0.359 bits per heavy atom. The highest BCUT2D eigenvalue weighted by Crippen LogP contribution is 2.56. The van der Waals surface area contributed by atoms with Crippen LogP contribution in [0, 0.1) is 6.92 Å². The topological polar surface area (TPSA) is 6.48 Å². The Bertz CT molecular complexity index is 3490. The third kappa shape index (κ3) is 5.62. The van der Waals surface area contributed by atoms with Crippen LogP contribution in [0.25, 0.3) is 54.9 Å². The van der Waals surface area contributed by atoms with Gasteiger partial charge in [0.2, 0.25) is 0 Å². The van der Waals surface area contributed by atoms with Crippen molar-refractivity contribution in [3.63, 3.8) is 0 Å². The number of aryl methyl sites for hydroxylation is 1. The van der Waals surface area contributed by atoms with Crippen LogP contribution in [0.4, 0.5) is 34.1 Å². The monoisotopic (exact) mass is 854 g/mol. The van der Waals surface area contributed by atoms with E-state index in [4.69, 9.17) is 0 Å². The number of hydrogen-bond donors (Lipinski definition) is 0. The first-order chi connectivity index (χ1) is 31.4. The highest BCUT2D eigenvalue weighted by Gasteiger charge is 2.36. The lowest BCUT2D eigenvalue weighted by atomic mass is 9.80. The van der Waals surface area contributed by atoms with Gasteiger partial charge in [-0.15, -0.1) is 0 Å². The zero-order valence-corrected chi connectivity index (χ0v) is 37.4. The molecule has 0 aromatic heterocycles. The van der Waals surface area contributed by atoms with Crippen molar-refractivity contribution in [2.75, 3.05) is 9.80 Å². The highest BCUT2D eigenvalue weighted by molar-refractivity contribution is 8.00. The van der Waals surface area contributed by atoms with Crippen LogP contribution in [-0.4, -0.2) is 0 Å². The van der Waals surface area contributed by atoms with Gasteiger partial charge in [-0.05, 0) is 152 Å². The molecule has 1 aliphatic carbocycles. The average Bonchev–Trinajstić information content (AvgIpc) is 3.56. The summed E-state index contributed by atoms with van der Waals surface area (Å²) in [4.78, 5) is 9.96. The lowest BCUT2D eigenvalue weighted by molar-refractivity contribution is 0.660. The maximum Gasteiger partial charge on any atom is 0.0601 e. The minimum Gasteiger partial charge on any atom is -0.308 e. The molecular weight excluding hydrogens is 813 g/mol. The molecule has 2 aliphatic heterocycles. The fourth-order valence-corrected chi connectivity index (χ4v) is 12.8. The molecule has 0 saturated carbocycles. The molecule has 0 spiro atoms. The summed E-state index contributed by atoms with van der Waals surface area (Å²) in [5.74, 6) is 0. The summed E-state index contributed by atoms with van der Waals surface area (Å²) in [6.07, 6.45) is 0. The van der Waals surface area contributed by atoms with Crippen molar-refractivity contribution in [3.05, 3.63) is 217 Å². The van der Waals surface area contributed by atoms with Crippen LogP contribution in [0.2, 0.25) is 0 Å². The van der Waals surface area contributed by atoms with E-state index in [1.54, 1.807) is 0 Å². The van der Waals surface area contributed by atoms with Gasteiger partial charge in [-0.3, -0.25) is 0 Å². The van der Waals surface area contributed by atoms with Crippen LogP contribution in [0.3, 0.4) is 0 Å². The van der Waals surface area contributed by atoms with Crippen LogP contribution in [0.5, 0.6) is 0 Å². The number of rotatable bonds is 4. The van der Waals surface area contributed by atoms with E-state index in [1.165, 1.54) is 114 Å². The van der Waals surface area contributed by atoms with Crippen molar-refractivity contribution in [3.8, 4) is 33.4 Å². The number of benzene rings is 10. The predicted octanol–water partition coefficient (Wildman–Crippen LogP) is 17.8. The molecule has 64 heavy (non-hydrogen) atoms. The van der Waals surface area contributed by atoms with Gasteiger partial charge >= 0.3 is 0 Å². The van der Waals surface area contributed by atoms with Crippen LogP contribution < -0.4 is 9.80 Å². The number of fused-ring (bicyclic) bond motifs is 9. The van der Waals surface area contributed by atoms with Gasteiger partial charge in [0.05, 0.1) is 22.7 Å². The normalized spacial score (nSPS) is 14.1. The molecule has 304 valence electrons. The van der Waals surface area contributed by atoms with E-state index in [1.807, 2.05) is 23.5 Å². The van der Waals surface area contributed by atoms with Gasteiger partial charge in [0, 0.05) is 36.4 Å². The second kappa shape index (κ2) is 14.3. The Morgan fingerprint density at radius 3 is 1.33 bits per heavy atom. The molecule has 3 aliphatic rings. The van der Waals surface area contributed by atoms with E-state index in [0.29, 0.717) is 0 Å². The Labute approximate surface area is 382 Å². The fraction of sp³-hybridized carbons (Fsp3) is 0.0667. The van der Waals surface area contributed by atoms with E-state index in [-0.39, 0.29) is 5.41 Å².